The van der Waals surface area contributed by atoms with E-state index in [9.17, 15) is 15.3 Å². The van der Waals surface area contributed by atoms with Crippen molar-refractivity contribution in [2.75, 3.05) is 19.8 Å². The third-order valence-corrected chi connectivity index (χ3v) is 3.96. The zero-order valence-corrected chi connectivity index (χ0v) is 13.7. The van der Waals surface area contributed by atoms with Gasteiger partial charge in [-0.05, 0) is 25.7 Å². The maximum atomic E-state index is 9.75. The summed E-state index contributed by atoms with van der Waals surface area (Å²) < 4.78 is 10.9. The third kappa shape index (κ3) is 7.20. The van der Waals surface area contributed by atoms with Crippen LogP contribution in [0.1, 0.15) is 51.9 Å². The van der Waals surface area contributed by atoms with Crippen LogP contribution >= 0.6 is 0 Å². The van der Waals surface area contributed by atoms with Crippen molar-refractivity contribution in [3.05, 3.63) is 12.2 Å². The molecule has 1 aliphatic heterocycles. The second-order valence-corrected chi connectivity index (χ2v) is 5.91. The number of unbranched alkanes of at least 4 members (excludes halogenated alkanes) is 5. The highest BCUT2D eigenvalue weighted by Crippen LogP contribution is 2.19. The summed E-state index contributed by atoms with van der Waals surface area (Å²) in [6.45, 7) is 2.60. The molecule has 22 heavy (non-hydrogen) atoms. The Morgan fingerprint density at radius 3 is 2.50 bits per heavy atom. The summed E-state index contributed by atoms with van der Waals surface area (Å²) in [5.41, 5.74) is 0. The molecule has 0 spiro atoms. The van der Waals surface area contributed by atoms with E-state index < -0.39 is 24.4 Å². The average Bonchev–Trinajstić information content (AvgIpc) is 2.85. The molecule has 0 aromatic carbocycles. The van der Waals surface area contributed by atoms with E-state index in [4.69, 9.17) is 9.47 Å². The van der Waals surface area contributed by atoms with Crippen LogP contribution in [0.2, 0.25) is 0 Å². The highest BCUT2D eigenvalue weighted by atomic mass is 16.6. The van der Waals surface area contributed by atoms with Crippen molar-refractivity contribution in [1.82, 2.24) is 0 Å². The largest absolute Gasteiger partial charge is 0.394 e. The Kier molecular flexibility index (Phi) is 10.7. The lowest BCUT2D eigenvalue weighted by Gasteiger charge is -2.24. The molecule has 1 heterocycles. The van der Waals surface area contributed by atoms with E-state index in [0.717, 1.165) is 19.3 Å². The Morgan fingerprint density at radius 1 is 1.14 bits per heavy atom. The Labute approximate surface area is 133 Å². The summed E-state index contributed by atoms with van der Waals surface area (Å²) in [6.07, 6.45) is 9.34. The second kappa shape index (κ2) is 12.0. The molecule has 1 fully saturated rings. The second-order valence-electron chi connectivity index (χ2n) is 5.91. The lowest BCUT2D eigenvalue weighted by atomic mass is 10.1. The lowest BCUT2D eigenvalue weighted by Crippen LogP contribution is -2.42. The first-order valence-corrected chi connectivity index (χ1v) is 8.55. The molecule has 0 radical (unpaired) electrons. The first kappa shape index (κ1) is 19.6. The molecule has 0 aliphatic carbocycles. The molecule has 5 nitrogen and oxygen atoms in total. The van der Waals surface area contributed by atoms with Crippen molar-refractivity contribution in [3.8, 4) is 0 Å². The quantitative estimate of drug-likeness (QED) is 0.378. The number of allylic oxidation sites excluding steroid dienone is 2. The molecule has 4 atom stereocenters. The zero-order chi connectivity index (χ0) is 16.2. The number of hydrogen-bond donors (Lipinski definition) is 3. The molecular formula is C17H32O5. The first-order chi connectivity index (χ1) is 10.7. The molecule has 1 rings (SSSR count). The SMILES string of the molecule is CCC/C=C/CCCCCCO[C@@H](CO)[C@@H]1OC[C@@H](O)[C@@H]1O. The van der Waals surface area contributed by atoms with E-state index in [1.165, 1.54) is 25.7 Å². The summed E-state index contributed by atoms with van der Waals surface area (Å²) in [5, 5.41) is 28.5. The van der Waals surface area contributed by atoms with E-state index in [1.807, 2.05) is 0 Å². The van der Waals surface area contributed by atoms with E-state index in [2.05, 4.69) is 19.1 Å². The minimum absolute atomic E-state index is 0.0945. The Hall–Kier alpha value is -0.460. The lowest BCUT2D eigenvalue weighted by molar-refractivity contribution is -0.101. The van der Waals surface area contributed by atoms with Gasteiger partial charge in [0.2, 0.25) is 0 Å². The molecule has 1 aliphatic rings. The van der Waals surface area contributed by atoms with E-state index in [-0.39, 0.29) is 13.2 Å². The topological polar surface area (TPSA) is 79.2 Å². The Morgan fingerprint density at radius 2 is 1.86 bits per heavy atom. The van der Waals surface area contributed by atoms with E-state index >= 15 is 0 Å². The van der Waals surface area contributed by atoms with Gasteiger partial charge in [-0.1, -0.05) is 38.3 Å². The van der Waals surface area contributed by atoms with Crippen LogP contribution in [0.4, 0.5) is 0 Å². The number of ether oxygens (including phenoxy) is 2. The highest BCUT2D eigenvalue weighted by Gasteiger charge is 2.40. The van der Waals surface area contributed by atoms with Gasteiger partial charge in [0.1, 0.15) is 24.4 Å². The molecule has 130 valence electrons. The van der Waals surface area contributed by atoms with Gasteiger partial charge in [0.15, 0.2) is 0 Å². The number of rotatable bonds is 12. The number of aliphatic hydroxyl groups excluding tert-OH is 3. The van der Waals surface area contributed by atoms with E-state index in [0.29, 0.717) is 6.61 Å². The van der Waals surface area contributed by atoms with Crippen molar-refractivity contribution in [3.63, 3.8) is 0 Å². The van der Waals surface area contributed by atoms with Gasteiger partial charge >= 0.3 is 0 Å². The van der Waals surface area contributed by atoms with E-state index in [1.54, 1.807) is 0 Å². The van der Waals surface area contributed by atoms with Crippen LogP contribution in [0.25, 0.3) is 0 Å². The van der Waals surface area contributed by atoms with Gasteiger partial charge in [0, 0.05) is 6.61 Å². The van der Waals surface area contributed by atoms with Crippen LogP contribution in [-0.2, 0) is 9.47 Å². The summed E-state index contributed by atoms with van der Waals surface area (Å²) in [6, 6.07) is 0. The van der Waals surface area contributed by atoms with Crippen LogP contribution in [0.3, 0.4) is 0 Å². The van der Waals surface area contributed by atoms with Crippen molar-refractivity contribution in [1.29, 1.82) is 0 Å². The van der Waals surface area contributed by atoms with Crippen molar-refractivity contribution < 1.29 is 24.8 Å². The molecule has 3 N–H and O–H groups in total. The Balaban J connectivity index is 2.03. The van der Waals surface area contributed by atoms with Crippen LogP contribution in [0.5, 0.6) is 0 Å². The molecule has 0 bridgehead atoms. The predicted molar refractivity (Wildman–Crippen MR) is 85.7 cm³/mol. The van der Waals surface area contributed by atoms with Crippen LogP contribution in [0, 0.1) is 0 Å². The highest BCUT2D eigenvalue weighted by molar-refractivity contribution is 4.88. The summed E-state index contributed by atoms with van der Waals surface area (Å²) in [5.74, 6) is 0. The molecule has 0 aromatic heterocycles. The zero-order valence-electron chi connectivity index (χ0n) is 13.7. The average molecular weight is 316 g/mol. The maximum absolute atomic E-state index is 9.75. The fourth-order valence-corrected chi connectivity index (χ4v) is 2.56. The van der Waals surface area contributed by atoms with Crippen LogP contribution in [-0.4, -0.2) is 59.6 Å². The molecule has 5 heteroatoms. The molecule has 0 unspecified atom stereocenters. The molecule has 1 saturated heterocycles. The summed E-state index contributed by atoms with van der Waals surface area (Å²) in [4.78, 5) is 0. The van der Waals surface area contributed by atoms with Gasteiger partial charge < -0.3 is 24.8 Å². The summed E-state index contributed by atoms with van der Waals surface area (Å²) in [7, 11) is 0. The smallest absolute Gasteiger partial charge is 0.114 e. The Bertz CT molecular complexity index is 295. The van der Waals surface area contributed by atoms with Crippen LogP contribution in [0.15, 0.2) is 12.2 Å². The molecule has 0 saturated carbocycles. The van der Waals surface area contributed by atoms with Crippen LogP contribution < -0.4 is 0 Å². The number of hydrogen-bond acceptors (Lipinski definition) is 5. The fourth-order valence-electron chi connectivity index (χ4n) is 2.56. The predicted octanol–water partition coefficient (Wildman–Crippen LogP) is 1.79. The molecule has 0 aromatic rings. The third-order valence-electron chi connectivity index (χ3n) is 3.96. The van der Waals surface area contributed by atoms with Crippen molar-refractivity contribution >= 4 is 0 Å². The van der Waals surface area contributed by atoms with Gasteiger partial charge in [-0.3, -0.25) is 0 Å². The van der Waals surface area contributed by atoms with Gasteiger partial charge in [-0.25, -0.2) is 0 Å². The van der Waals surface area contributed by atoms with Gasteiger partial charge in [-0.2, -0.15) is 0 Å². The number of aliphatic hydroxyl groups is 3. The minimum Gasteiger partial charge on any atom is -0.394 e. The normalized spacial score (nSPS) is 26.8. The van der Waals surface area contributed by atoms with Gasteiger partial charge in [-0.15, -0.1) is 0 Å². The monoisotopic (exact) mass is 316 g/mol. The maximum Gasteiger partial charge on any atom is 0.114 e. The fraction of sp³-hybridized carbons (Fsp3) is 0.882. The summed E-state index contributed by atoms with van der Waals surface area (Å²) >= 11 is 0. The minimum atomic E-state index is -0.980. The van der Waals surface area contributed by atoms with Gasteiger partial charge in [0.05, 0.1) is 13.2 Å². The van der Waals surface area contributed by atoms with Crippen molar-refractivity contribution in [2.24, 2.45) is 0 Å². The first-order valence-electron chi connectivity index (χ1n) is 8.55. The molecular weight excluding hydrogens is 284 g/mol. The standard InChI is InChI=1S/C17H32O5/c1-2-3-4-5-6-7-8-9-10-11-21-15(12-18)17-16(20)14(19)13-22-17/h4-5,14-20H,2-3,6-13H2,1H3/b5-4+/t14-,15+,16+,17+/m1/s1. The van der Waals surface area contributed by atoms with Gasteiger partial charge in [0.25, 0.3) is 0 Å². The van der Waals surface area contributed by atoms with Crippen molar-refractivity contribution in [2.45, 2.75) is 76.3 Å². The molecule has 0 amide bonds.